The summed E-state index contributed by atoms with van der Waals surface area (Å²) in [5, 5.41) is 10.9. The lowest BCUT2D eigenvalue weighted by atomic mass is 10.2. The number of hydrogen-bond acceptors (Lipinski definition) is 4. The van der Waals surface area contributed by atoms with Crippen molar-refractivity contribution >= 4 is 5.69 Å². The Morgan fingerprint density at radius 1 is 1.62 bits per heavy atom. The first-order chi connectivity index (χ1) is 7.52. The molecule has 2 rings (SSSR count). The van der Waals surface area contributed by atoms with E-state index in [0.29, 0.717) is 24.5 Å². The summed E-state index contributed by atoms with van der Waals surface area (Å²) in [5.41, 5.74) is 0.369. The van der Waals surface area contributed by atoms with Crippen molar-refractivity contribution in [1.29, 1.82) is 0 Å². The molecule has 0 aromatic heterocycles. The average molecular weight is 223 g/mol. The second-order valence-electron chi connectivity index (χ2n) is 4.21. The fourth-order valence-electron chi connectivity index (χ4n) is 1.42. The van der Waals surface area contributed by atoms with Crippen molar-refractivity contribution in [2.75, 3.05) is 13.2 Å². The van der Waals surface area contributed by atoms with Crippen LogP contribution in [-0.2, 0) is 4.74 Å². The zero-order valence-electron chi connectivity index (χ0n) is 9.23. The van der Waals surface area contributed by atoms with Gasteiger partial charge in [0.25, 0.3) is 0 Å². The van der Waals surface area contributed by atoms with E-state index in [1.165, 1.54) is 0 Å². The largest absolute Gasteiger partial charge is 0.484 e. The molecule has 1 aliphatic heterocycles. The molecular formula is C11H13NO4. The highest BCUT2D eigenvalue weighted by Crippen LogP contribution is 2.33. The van der Waals surface area contributed by atoms with E-state index in [0.717, 1.165) is 0 Å². The highest BCUT2D eigenvalue weighted by Gasteiger charge is 2.40. The molecule has 1 aromatic carbocycles. The summed E-state index contributed by atoms with van der Waals surface area (Å²) in [6.07, 6.45) is 0. The molecule has 1 heterocycles. The standard InChI is InChI=1S/C11H13NO4/c1-8-4-3-5-9(10(8)12(13)14)15-6-11(2)7-16-11/h3-5H,6-7H2,1-2H3. The molecule has 0 amide bonds. The normalized spacial score (nSPS) is 22.9. The zero-order chi connectivity index (χ0) is 11.8. The Bertz CT molecular complexity index is 426. The molecule has 0 aliphatic carbocycles. The molecule has 0 spiro atoms. The zero-order valence-corrected chi connectivity index (χ0v) is 9.23. The highest BCUT2D eigenvalue weighted by atomic mass is 16.6. The van der Waals surface area contributed by atoms with Crippen molar-refractivity contribution in [3.8, 4) is 5.75 Å². The molecule has 1 unspecified atom stereocenters. The summed E-state index contributed by atoms with van der Waals surface area (Å²) in [6, 6.07) is 5.05. The highest BCUT2D eigenvalue weighted by molar-refractivity contribution is 5.52. The molecule has 0 saturated carbocycles. The van der Waals surface area contributed by atoms with Crippen LogP contribution in [0.3, 0.4) is 0 Å². The topological polar surface area (TPSA) is 64.9 Å². The Balaban J connectivity index is 2.19. The van der Waals surface area contributed by atoms with Gasteiger partial charge in [-0.2, -0.15) is 0 Å². The molecule has 0 radical (unpaired) electrons. The second kappa shape index (κ2) is 3.75. The van der Waals surface area contributed by atoms with E-state index in [-0.39, 0.29) is 11.3 Å². The molecule has 86 valence electrons. The third-order valence-electron chi connectivity index (χ3n) is 2.55. The number of ether oxygens (including phenoxy) is 2. The number of rotatable bonds is 4. The molecule has 1 saturated heterocycles. The van der Waals surface area contributed by atoms with Crippen molar-refractivity contribution in [2.45, 2.75) is 19.4 Å². The van der Waals surface area contributed by atoms with E-state index in [2.05, 4.69) is 0 Å². The lowest BCUT2D eigenvalue weighted by Gasteiger charge is -2.09. The van der Waals surface area contributed by atoms with Gasteiger partial charge >= 0.3 is 5.69 Å². The predicted octanol–water partition coefficient (Wildman–Crippen LogP) is 2.07. The minimum atomic E-state index is -0.416. The van der Waals surface area contributed by atoms with Gasteiger partial charge in [0.1, 0.15) is 12.2 Å². The second-order valence-corrected chi connectivity index (χ2v) is 4.21. The third kappa shape index (κ3) is 2.14. The first-order valence-electron chi connectivity index (χ1n) is 5.03. The minimum absolute atomic E-state index is 0.0340. The smallest absolute Gasteiger partial charge is 0.313 e. The number of hydrogen-bond donors (Lipinski definition) is 0. The van der Waals surface area contributed by atoms with Crippen molar-refractivity contribution in [3.05, 3.63) is 33.9 Å². The van der Waals surface area contributed by atoms with Crippen LogP contribution in [0, 0.1) is 17.0 Å². The Labute approximate surface area is 93.1 Å². The average Bonchev–Trinajstić information content (AvgIpc) is 2.94. The molecular weight excluding hydrogens is 210 g/mol. The van der Waals surface area contributed by atoms with Gasteiger partial charge in [0, 0.05) is 5.56 Å². The summed E-state index contributed by atoms with van der Waals surface area (Å²) in [5.74, 6) is 0.307. The van der Waals surface area contributed by atoms with Crippen LogP contribution < -0.4 is 4.74 Å². The molecule has 5 heteroatoms. The van der Waals surface area contributed by atoms with Gasteiger partial charge in [-0.1, -0.05) is 12.1 Å². The molecule has 1 aliphatic rings. The van der Waals surface area contributed by atoms with E-state index in [4.69, 9.17) is 9.47 Å². The fourth-order valence-corrected chi connectivity index (χ4v) is 1.42. The number of nitro groups is 1. The monoisotopic (exact) mass is 223 g/mol. The molecule has 5 nitrogen and oxygen atoms in total. The van der Waals surface area contributed by atoms with Gasteiger partial charge in [0.05, 0.1) is 11.5 Å². The van der Waals surface area contributed by atoms with Gasteiger partial charge in [-0.15, -0.1) is 0 Å². The van der Waals surface area contributed by atoms with Crippen molar-refractivity contribution in [1.82, 2.24) is 0 Å². The van der Waals surface area contributed by atoms with Crippen LogP contribution in [-0.4, -0.2) is 23.7 Å². The van der Waals surface area contributed by atoms with Crippen molar-refractivity contribution < 1.29 is 14.4 Å². The summed E-state index contributed by atoms with van der Waals surface area (Å²) < 4.78 is 10.6. The van der Waals surface area contributed by atoms with Crippen molar-refractivity contribution in [2.24, 2.45) is 0 Å². The Kier molecular flexibility index (Phi) is 2.55. The van der Waals surface area contributed by atoms with Gasteiger partial charge in [-0.3, -0.25) is 10.1 Å². The number of nitrogens with zero attached hydrogens (tertiary/aromatic N) is 1. The Morgan fingerprint density at radius 3 is 2.88 bits per heavy atom. The van der Waals surface area contributed by atoms with Gasteiger partial charge in [0.15, 0.2) is 5.75 Å². The van der Waals surface area contributed by atoms with Gasteiger partial charge < -0.3 is 9.47 Å². The summed E-state index contributed by atoms with van der Waals surface area (Å²) in [6.45, 7) is 4.60. The minimum Gasteiger partial charge on any atom is -0.484 e. The van der Waals surface area contributed by atoms with E-state index in [1.54, 1.807) is 25.1 Å². The fraction of sp³-hybridized carbons (Fsp3) is 0.455. The predicted molar refractivity (Wildman–Crippen MR) is 57.7 cm³/mol. The van der Waals surface area contributed by atoms with Crippen LogP contribution in [0.5, 0.6) is 5.75 Å². The first-order valence-corrected chi connectivity index (χ1v) is 5.03. The third-order valence-corrected chi connectivity index (χ3v) is 2.55. The summed E-state index contributed by atoms with van der Waals surface area (Å²) >= 11 is 0. The van der Waals surface area contributed by atoms with Crippen LogP contribution in [0.2, 0.25) is 0 Å². The number of nitro benzene ring substituents is 1. The maximum atomic E-state index is 10.9. The number of aryl methyl sites for hydroxylation is 1. The Hall–Kier alpha value is -1.62. The van der Waals surface area contributed by atoms with Crippen molar-refractivity contribution in [3.63, 3.8) is 0 Å². The first kappa shape index (κ1) is 10.9. The number of epoxide rings is 1. The maximum Gasteiger partial charge on any atom is 0.313 e. The van der Waals surface area contributed by atoms with E-state index in [9.17, 15) is 10.1 Å². The Morgan fingerprint density at radius 2 is 2.31 bits per heavy atom. The molecule has 0 bridgehead atoms. The molecule has 16 heavy (non-hydrogen) atoms. The van der Waals surface area contributed by atoms with Crippen LogP contribution in [0.15, 0.2) is 18.2 Å². The van der Waals surface area contributed by atoms with Gasteiger partial charge in [-0.05, 0) is 19.9 Å². The SMILES string of the molecule is Cc1cccc(OCC2(C)CO2)c1[N+](=O)[O-]. The number of benzene rings is 1. The van der Waals surface area contributed by atoms with Crippen LogP contribution in [0.25, 0.3) is 0 Å². The maximum absolute atomic E-state index is 10.9. The lowest BCUT2D eigenvalue weighted by Crippen LogP contribution is -2.17. The molecule has 1 aromatic rings. The molecule has 0 N–H and O–H groups in total. The molecule has 1 atom stereocenters. The number of para-hydroxylation sites is 1. The van der Waals surface area contributed by atoms with Crippen LogP contribution in [0.4, 0.5) is 5.69 Å². The van der Waals surface area contributed by atoms with Gasteiger partial charge in [-0.25, -0.2) is 0 Å². The van der Waals surface area contributed by atoms with E-state index >= 15 is 0 Å². The van der Waals surface area contributed by atoms with E-state index < -0.39 is 4.92 Å². The van der Waals surface area contributed by atoms with Crippen LogP contribution >= 0.6 is 0 Å². The lowest BCUT2D eigenvalue weighted by molar-refractivity contribution is -0.386. The van der Waals surface area contributed by atoms with E-state index in [1.807, 2.05) is 6.92 Å². The van der Waals surface area contributed by atoms with Crippen LogP contribution in [0.1, 0.15) is 12.5 Å². The molecule has 1 fully saturated rings. The van der Waals surface area contributed by atoms with Gasteiger partial charge in [0.2, 0.25) is 0 Å². The quantitative estimate of drug-likeness (QED) is 0.445. The summed E-state index contributed by atoms with van der Waals surface area (Å²) in [7, 11) is 0. The summed E-state index contributed by atoms with van der Waals surface area (Å²) in [4.78, 5) is 10.5.